The van der Waals surface area contributed by atoms with E-state index in [-0.39, 0.29) is 0 Å². The van der Waals surface area contributed by atoms with Crippen LogP contribution in [-0.2, 0) is 7.05 Å². The lowest BCUT2D eigenvalue weighted by Gasteiger charge is -2.05. The van der Waals surface area contributed by atoms with E-state index in [1.54, 1.807) is 0 Å². The highest BCUT2D eigenvalue weighted by Crippen LogP contribution is 2.22. The summed E-state index contributed by atoms with van der Waals surface area (Å²) in [6.45, 7) is 8.29. The summed E-state index contributed by atoms with van der Waals surface area (Å²) < 4.78 is 4.24. The topological polar surface area (TPSA) is 8.81 Å². The summed E-state index contributed by atoms with van der Waals surface area (Å²) >= 11 is 0. The van der Waals surface area contributed by atoms with Gasteiger partial charge < -0.3 is 0 Å². The molecule has 20 heavy (non-hydrogen) atoms. The van der Waals surface area contributed by atoms with Gasteiger partial charge in [-0.15, -0.1) is 0 Å². The minimum absolute atomic E-state index is 0.946. The summed E-state index contributed by atoms with van der Waals surface area (Å²) in [6, 6.07) is 8.40. The molecule has 0 N–H and O–H groups in total. The van der Waals surface area contributed by atoms with Gasteiger partial charge in [-0.25, -0.2) is 4.57 Å². The third-order valence-corrected chi connectivity index (χ3v) is 3.29. The Morgan fingerprint density at radius 1 is 1.25 bits per heavy atom. The second-order valence-corrected chi connectivity index (χ2v) is 4.79. The van der Waals surface area contributed by atoms with Crippen LogP contribution in [0.4, 0.5) is 0 Å². The van der Waals surface area contributed by atoms with Crippen LogP contribution in [-0.4, -0.2) is 4.57 Å². The molecule has 1 aromatic heterocycles. The van der Waals surface area contributed by atoms with E-state index < -0.39 is 0 Å². The fraction of sp³-hybridized carbons (Fsp3) is 0.167. The number of rotatable bonds is 4. The van der Waals surface area contributed by atoms with Crippen LogP contribution in [0.2, 0.25) is 0 Å². The van der Waals surface area contributed by atoms with Crippen molar-refractivity contribution in [3.05, 3.63) is 73.1 Å². The zero-order chi connectivity index (χ0) is 14.5. The Morgan fingerprint density at radius 3 is 2.70 bits per heavy atom. The zero-order valence-corrected chi connectivity index (χ0v) is 12.4. The lowest BCUT2D eigenvalue weighted by Crippen LogP contribution is -2.29. The quantitative estimate of drug-likeness (QED) is 0.586. The van der Waals surface area contributed by atoms with E-state index in [9.17, 15) is 0 Å². The molecule has 0 bridgehead atoms. The normalized spacial score (nSPS) is 11.6. The molecule has 0 radical (unpaired) electrons. The molecule has 2 heteroatoms. The number of hydrogen-bond donors (Lipinski definition) is 0. The van der Waals surface area contributed by atoms with Crippen molar-refractivity contribution in [1.82, 2.24) is 4.57 Å². The second-order valence-electron chi connectivity index (χ2n) is 4.79. The maximum absolute atomic E-state index is 4.15. The van der Waals surface area contributed by atoms with Crippen LogP contribution in [0.3, 0.4) is 0 Å². The van der Waals surface area contributed by atoms with Crippen LogP contribution in [0.15, 0.2) is 67.5 Å². The third-order valence-electron chi connectivity index (χ3n) is 3.29. The van der Waals surface area contributed by atoms with E-state index in [0.29, 0.717) is 0 Å². The van der Waals surface area contributed by atoms with Gasteiger partial charge in [-0.3, -0.25) is 0 Å². The van der Waals surface area contributed by atoms with Gasteiger partial charge in [-0.05, 0) is 31.6 Å². The summed E-state index contributed by atoms with van der Waals surface area (Å²) in [5, 5.41) is 0. The first-order valence-corrected chi connectivity index (χ1v) is 6.76. The Balaban J connectivity index is 2.48. The van der Waals surface area contributed by atoms with Crippen molar-refractivity contribution in [3.8, 4) is 11.4 Å². The van der Waals surface area contributed by atoms with E-state index >= 15 is 0 Å². The zero-order valence-electron chi connectivity index (χ0n) is 12.4. The summed E-state index contributed by atoms with van der Waals surface area (Å²) in [6.07, 6.45) is 12.1. The SMILES string of the molecule is C=C(/C=C\C=C/C)n1cc[n+](C)c1-c1ccccc1C. The fourth-order valence-corrected chi connectivity index (χ4v) is 2.21. The van der Waals surface area contributed by atoms with Crippen LogP contribution in [0.1, 0.15) is 12.5 Å². The van der Waals surface area contributed by atoms with Gasteiger partial charge in [0, 0.05) is 0 Å². The van der Waals surface area contributed by atoms with Crippen molar-refractivity contribution >= 4 is 5.70 Å². The predicted octanol–water partition coefficient (Wildman–Crippen LogP) is 3.89. The van der Waals surface area contributed by atoms with Crippen molar-refractivity contribution in [3.63, 3.8) is 0 Å². The highest BCUT2D eigenvalue weighted by atomic mass is 15.1. The second kappa shape index (κ2) is 6.20. The maximum Gasteiger partial charge on any atom is 0.294 e. The average Bonchev–Trinajstić information content (AvgIpc) is 2.81. The molecule has 2 aromatic rings. The number of imidazole rings is 1. The van der Waals surface area contributed by atoms with Crippen molar-refractivity contribution in [2.24, 2.45) is 7.05 Å². The molecule has 102 valence electrons. The number of nitrogens with zero attached hydrogens (tertiary/aromatic N) is 2. The smallest absolute Gasteiger partial charge is 0.232 e. The van der Waals surface area contributed by atoms with Gasteiger partial charge in [0.15, 0.2) is 0 Å². The molecular weight excluding hydrogens is 244 g/mol. The van der Waals surface area contributed by atoms with E-state index in [0.717, 1.165) is 11.5 Å². The van der Waals surface area contributed by atoms with Crippen molar-refractivity contribution in [1.29, 1.82) is 0 Å². The predicted molar refractivity (Wildman–Crippen MR) is 85.1 cm³/mol. The molecule has 0 saturated carbocycles. The van der Waals surface area contributed by atoms with Crippen LogP contribution in [0, 0.1) is 6.92 Å². The van der Waals surface area contributed by atoms with Gasteiger partial charge in [-0.1, -0.05) is 43.0 Å². The number of aryl methyl sites for hydroxylation is 2. The first-order valence-electron chi connectivity index (χ1n) is 6.76. The van der Waals surface area contributed by atoms with Crippen LogP contribution in [0.5, 0.6) is 0 Å². The Bertz CT molecular complexity index is 672. The molecule has 0 amide bonds. The Labute approximate surface area is 121 Å². The molecule has 0 atom stereocenters. The van der Waals surface area contributed by atoms with Gasteiger partial charge in [0.2, 0.25) is 0 Å². The molecule has 0 aliphatic carbocycles. The van der Waals surface area contributed by atoms with Crippen LogP contribution >= 0.6 is 0 Å². The highest BCUT2D eigenvalue weighted by Gasteiger charge is 2.19. The molecule has 0 aliphatic heterocycles. The van der Waals surface area contributed by atoms with Gasteiger partial charge in [-0.2, -0.15) is 4.57 Å². The molecule has 0 aliphatic rings. The first kappa shape index (κ1) is 14.1. The number of hydrogen-bond acceptors (Lipinski definition) is 0. The number of aromatic nitrogens is 2. The van der Waals surface area contributed by atoms with E-state index in [1.165, 1.54) is 11.1 Å². The van der Waals surface area contributed by atoms with Gasteiger partial charge in [0.1, 0.15) is 18.1 Å². The lowest BCUT2D eigenvalue weighted by molar-refractivity contribution is -0.659. The standard InChI is InChI=1S/C18H21N2/c1-5-6-7-11-16(3)20-14-13-19(4)18(20)17-12-9-8-10-15(17)2/h5-14H,3H2,1-2,4H3/q+1/b6-5-,11-7-. The molecule has 2 rings (SSSR count). The van der Waals surface area contributed by atoms with E-state index in [1.807, 2.05) is 37.4 Å². The largest absolute Gasteiger partial charge is 0.294 e. The molecule has 2 nitrogen and oxygen atoms in total. The molecular formula is C18H21N2+. The molecule has 0 spiro atoms. The van der Waals surface area contributed by atoms with Crippen LogP contribution < -0.4 is 4.57 Å². The Hall–Kier alpha value is -2.35. The average molecular weight is 265 g/mol. The Kier molecular flexibility index (Phi) is 4.36. The minimum Gasteiger partial charge on any atom is -0.232 e. The van der Waals surface area contributed by atoms with Gasteiger partial charge in [0.05, 0.1) is 12.6 Å². The molecule has 1 heterocycles. The summed E-state index contributed by atoms with van der Waals surface area (Å²) in [7, 11) is 2.06. The van der Waals surface area contributed by atoms with Gasteiger partial charge in [0.25, 0.3) is 5.82 Å². The summed E-state index contributed by atoms with van der Waals surface area (Å²) in [4.78, 5) is 0. The first-order chi connectivity index (χ1) is 9.65. The van der Waals surface area contributed by atoms with Crippen molar-refractivity contribution in [2.75, 3.05) is 0 Å². The lowest BCUT2D eigenvalue weighted by atomic mass is 10.1. The maximum atomic E-state index is 4.15. The van der Waals surface area contributed by atoms with Gasteiger partial charge >= 0.3 is 0 Å². The third kappa shape index (κ3) is 2.80. The minimum atomic E-state index is 0.946. The fourth-order valence-electron chi connectivity index (χ4n) is 2.21. The highest BCUT2D eigenvalue weighted by molar-refractivity contribution is 5.65. The molecule has 0 fully saturated rings. The molecule has 0 unspecified atom stereocenters. The number of benzene rings is 1. The van der Waals surface area contributed by atoms with E-state index in [2.05, 4.69) is 60.1 Å². The Morgan fingerprint density at radius 2 is 2.00 bits per heavy atom. The number of allylic oxidation sites excluding steroid dienone is 5. The van der Waals surface area contributed by atoms with Crippen molar-refractivity contribution in [2.45, 2.75) is 13.8 Å². The van der Waals surface area contributed by atoms with E-state index in [4.69, 9.17) is 0 Å². The summed E-state index contributed by atoms with van der Waals surface area (Å²) in [5.74, 6) is 1.14. The van der Waals surface area contributed by atoms with Crippen LogP contribution in [0.25, 0.3) is 17.1 Å². The molecule has 0 saturated heterocycles. The summed E-state index contributed by atoms with van der Waals surface area (Å²) in [5.41, 5.74) is 3.43. The molecule has 1 aromatic carbocycles. The monoisotopic (exact) mass is 265 g/mol. The van der Waals surface area contributed by atoms with Crippen molar-refractivity contribution < 1.29 is 4.57 Å².